The maximum atomic E-state index is 5.96. The summed E-state index contributed by atoms with van der Waals surface area (Å²) in [7, 11) is 1.96. The number of benzene rings is 2. The lowest BCUT2D eigenvalue weighted by Gasteiger charge is -2.17. The van der Waals surface area contributed by atoms with Gasteiger partial charge in [-0.05, 0) is 74.0 Å². The predicted octanol–water partition coefficient (Wildman–Crippen LogP) is 5.79. The Hall–Kier alpha value is -3.45. The van der Waals surface area contributed by atoms with Crippen LogP contribution in [-0.4, -0.2) is 55.7 Å². The first-order valence-corrected chi connectivity index (χ1v) is 13.1. The summed E-state index contributed by atoms with van der Waals surface area (Å²) in [6.45, 7) is 10.5. The zero-order valence-corrected chi connectivity index (χ0v) is 22.0. The van der Waals surface area contributed by atoms with E-state index in [0.717, 1.165) is 91.8 Å². The highest BCUT2D eigenvalue weighted by atomic mass is 16.5. The molecule has 0 spiro atoms. The number of hydrogen-bond donors (Lipinski definition) is 0. The van der Waals surface area contributed by atoms with Gasteiger partial charge in [-0.3, -0.25) is 4.68 Å². The molecule has 0 aliphatic rings. The first-order valence-electron chi connectivity index (χ1n) is 13.1. The fraction of sp³-hybridized carbons (Fsp3) is 0.414. The Labute approximate surface area is 214 Å². The van der Waals surface area contributed by atoms with Crippen molar-refractivity contribution >= 4 is 0 Å². The fourth-order valence-corrected chi connectivity index (χ4v) is 4.32. The van der Waals surface area contributed by atoms with Gasteiger partial charge in [0.05, 0.1) is 18.0 Å². The van der Waals surface area contributed by atoms with Crippen LogP contribution in [0.4, 0.5) is 0 Å². The minimum absolute atomic E-state index is 0.721. The van der Waals surface area contributed by atoms with E-state index in [1.165, 1.54) is 0 Å². The average Bonchev–Trinajstić information content (AvgIpc) is 3.54. The van der Waals surface area contributed by atoms with E-state index in [1.807, 2.05) is 40.8 Å². The molecule has 0 unspecified atom stereocenters. The minimum atomic E-state index is 0.721. The second-order valence-electron chi connectivity index (χ2n) is 9.01. The second-order valence-corrected chi connectivity index (χ2v) is 9.01. The van der Waals surface area contributed by atoms with Crippen LogP contribution in [0.3, 0.4) is 0 Å². The molecule has 0 atom stereocenters. The lowest BCUT2D eigenvalue weighted by molar-refractivity contribution is 0.249. The molecular formula is C29H38N6O. The van der Waals surface area contributed by atoms with Crippen molar-refractivity contribution in [3.8, 4) is 34.1 Å². The summed E-state index contributed by atoms with van der Waals surface area (Å²) < 4.78 is 9.82. The van der Waals surface area contributed by atoms with Crippen LogP contribution < -0.4 is 4.74 Å². The third-order valence-corrected chi connectivity index (χ3v) is 6.55. The van der Waals surface area contributed by atoms with Crippen molar-refractivity contribution in [2.75, 3.05) is 26.2 Å². The van der Waals surface area contributed by atoms with Gasteiger partial charge in [0.1, 0.15) is 11.6 Å². The lowest BCUT2D eigenvalue weighted by Crippen LogP contribution is -2.25. The number of rotatable bonds is 13. The molecule has 0 saturated heterocycles. The van der Waals surface area contributed by atoms with Gasteiger partial charge in [0.15, 0.2) is 5.82 Å². The van der Waals surface area contributed by atoms with Gasteiger partial charge in [0.2, 0.25) is 0 Å². The average molecular weight is 487 g/mol. The van der Waals surface area contributed by atoms with Gasteiger partial charge in [0, 0.05) is 31.8 Å². The van der Waals surface area contributed by atoms with Crippen LogP contribution in [0.1, 0.15) is 45.9 Å². The molecular weight excluding hydrogens is 448 g/mol. The van der Waals surface area contributed by atoms with Gasteiger partial charge in [-0.2, -0.15) is 5.10 Å². The lowest BCUT2D eigenvalue weighted by atomic mass is 10.1. The highest BCUT2D eigenvalue weighted by molar-refractivity contribution is 5.61. The number of aromatic nitrogens is 5. The molecule has 190 valence electrons. The SMILES string of the molecule is CCCCc1nc(-c2ccc(OCCCN(CC)CC)cc2)nn1-c1ccc(-c2ccnn2C)cc1. The van der Waals surface area contributed by atoms with Crippen molar-refractivity contribution < 1.29 is 4.74 Å². The Kier molecular flexibility index (Phi) is 8.90. The molecule has 36 heavy (non-hydrogen) atoms. The summed E-state index contributed by atoms with van der Waals surface area (Å²) in [6, 6.07) is 18.6. The van der Waals surface area contributed by atoms with E-state index in [-0.39, 0.29) is 0 Å². The van der Waals surface area contributed by atoms with Crippen molar-refractivity contribution in [1.29, 1.82) is 0 Å². The highest BCUT2D eigenvalue weighted by Gasteiger charge is 2.14. The Morgan fingerprint density at radius 3 is 2.22 bits per heavy atom. The standard InChI is InChI=1S/C29H38N6O/c1-5-8-10-28-31-29(24-13-17-26(18-14-24)36-22-9-21-34(6-2)7-3)32-35(28)25-15-11-23(12-16-25)27-19-20-30-33(27)4/h11-20H,5-10,21-22H2,1-4H3. The third-order valence-electron chi connectivity index (χ3n) is 6.55. The van der Waals surface area contributed by atoms with Gasteiger partial charge < -0.3 is 9.64 Å². The first-order chi connectivity index (χ1) is 17.6. The summed E-state index contributed by atoms with van der Waals surface area (Å²) in [5.41, 5.74) is 4.22. The predicted molar refractivity (Wildman–Crippen MR) is 146 cm³/mol. The van der Waals surface area contributed by atoms with Gasteiger partial charge in [-0.25, -0.2) is 9.67 Å². The van der Waals surface area contributed by atoms with Crippen molar-refractivity contribution in [3.05, 3.63) is 66.6 Å². The van der Waals surface area contributed by atoms with Crippen LogP contribution in [0.5, 0.6) is 5.75 Å². The molecule has 0 amide bonds. The van der Waals surface area contributed by atoms with E-state index in [9.17, 15) is 0 Å². The normalized spacial score (nSPS) is 11.4. The number of nitrogens with zero attached hydrogens (tertiary/aromatic N) is 6. The third kappa shape index (κ3) is 6.21. The molecule has 2 heterocycles. The van der Waals surface area contributed by atoms with Crippen molar-refractivity contribution in [1.82, 2.24) is 29.4 Å². The molecule has 0 saturated carbocycles. The van der Waals surface area contributed by atoms with Crippen LogP contribution >= 0.6 is 0 Å². The molecule has 0 N–H and O–H groups in total. The summed E-state index contributed by atoms with van der Waals surface area (Å²) in [4.78, 5) is 7.33. The van der Waals surface area contributed by atoms with E-state index in [4.69, 9.17) is 14.8 Å². The maximum Gasteiger partial charge on any atom is 0.181 e. The van der Waals surface area contributed by atoms with Crippen molar-refractivity contribution in [2.45, 2.75) is 46.5 Å². The van der Waals surface area contributed by atoms with Crippen LogP contribution in [0.25, 0.3) is 28.3 Å². The molecule has 2 aromatic heterocycles. The number of unbranched alkanes of at least 4 members (excludes halogenated alkanes) is 1. The van der Waals surface area contributed by atoms with E-state index < -0.39 is 0 Å². The molecule has 4 aromatic rings. The first kappa shape index (κ1) is 25.6. The number of hydrogen-bond acceptors (Lipinski definition) is 5. The summed E-state index contributed by atoms with van der Waals surface area (Å²) in [5.74, 6) is 2.61. The molecule has 7 nitrogen and oxygen atoms in total. The van der Waals surface area contributed by atoms with E-state index in [1.54, 1.807) is 0 Å². The van der Waals surface area contributed by atoms with Gasteiger partial charge in [-0.1, -0.05) is 39.3 Å². The van der Waals surface area contributed by atoms with Crippen LogP contribution in [-0.2, 0) is 13.5 Å². The van der Waals surface area contributed by atoms with Gasteiger partial charge in [-0.15, -0.1) is 5.10 Å². The number of aryl methyl sites for hydroxylation is 2. The molecule has 2 aromatic carbocycles. The highest BCUT2D eigenvalue weighted by Crippen LogP contribution is 2.24. The van der Waals surface area contributed by atoms with Gasteiger partial charge >= 0.3 is 0 Å². The Morgan fingerprint density at radius 2 is 1.58 bits per heavy atom. The molecule has 0 aliphatic heterocycles. The quantitative estimate of drug-likeness (QED) is 0.224. The smallest absolute Gasteiger partial charge is 0.181 e. The monoisotopic (exact) mass is 486 g/mol. The Morgan fingerprint density at radius 1 is 0.861 bits per heavy atom. The van der Waals surface area contributed by atoms with Crippen LogP contribution in [0, 0.1) is 0 Å². The topological polar surface area (TPSA) is 61.0 Å². The Bertz CT molecular complexity index is 1210. The second kappa shape index (κ2) is 12.5. The van der Waals surface area contributed by atoms with Crippen LogP contribution in [0.15, 0.2) is 60.8 Å². The minimum Gasteiger partial charge on any atom is -0.494 e. The molecule has 0 fully saturated rings. The van der Waals surface area contributed by atoms with E-state index in [2.05, 4.69) is 67.2 Å². The zero-order chi connectivity index (χ0) is 25.3. The molecule has 4 rings (SSSR count). The molecule has 0 radical (unpaired) electrons. The van der Waals surface area contributed by atoms with Crippen LogP contribution in [0.2, 0.25) is 0 Å². The van der Waals surface area contributed by atoms with E-state index >= 15 is 0 Å². The fourth-order valence-electron chi connectivity index (χ4n) is 4.32. The summed E-state index contributed by atoms with van der Waals surface area (Å²) >= 11 is 0. The summed E-state index contributed by atoms with van der Waals surface area (Å²) in [5, 5.41) is 9.18. The molecule has 0 bridgehead atoms. The number of ether oxygens (including phenoxy) is 1. The Balaban J connectivity index is 1.48. The van der Waals surface area contributed by atoms with E-state index in [0.29, 0.717) is 0 Å². The maximum absolute atomic E-state index is 5.96. The molecule has 0 aliphatic carbocycles. The molecule has 7 heteroatoms. The largest absolute Gasteiger partial charge is 0.494 e. The van der Waals surface area contributed by atoms with Gasteiger partial charge in [0.25, 0.3) is 0 Å². The zero-order valence-electron chi connectivity index (χ0n) is 22.0. The van der Waals surface area contributed by atoms with Crippen molar-refractivity contribution in [3.63, 3.8) is 0 Å². The summed E-state index contributed by atoms with van der Waals surface area (Å²) in [6.07, 6.45) is 5.92. The van der Waals surface area contributed by atoms with Crippen molar-refractivity contribution in [2.24, 2.45) is 7.05 Å².